The maximum atomic E-state index is 13.3. The molecule has 2 N–H and O–H groups in total. The Hall–Kier alpha value is -3.25. The van der Waals surface area contributed by atoms with E-state index < -0.39 is 5.25 Å². The Labute approximate surface area is 206 Å². The van der Waals surface area contributed by atoms with E-state index in [9.17, 15) is 9.59 Å². The highest BCUT2D eigenvalue weighted by Crippen LogP contribution is 2.36. The number of hydrogen-bond donors (Lipinski definition) is 2. The van der Waals surface area contributed by atoms with Crippen molar-refractivity contribution in [3.63, 3.8) is 0 Å². The van der Waals surface area contributed by atoms with Crippen molar-refractivity contribution in [3.05, 3.63) is 84.4 Å². The zero-order valence-electron chi connectivity index (χ0n) is 19.8. The molecule has 0 aromatic heterocycles. The molecule has 0 bridgehead atoms. The maximum Gasteiger partial charge on any atom is 0.242 e. The molecular weight excluding hydrogens is 444 g/mol. The number of amides is 2. The van der Waals surface area contributed by atoms with E-state index in [0.717, 1.165) is 46.8 Å². The highest BCUT2D eigenvalue weighted by Gasteiger charge is 2.22. The number of rotatable bonds is 12. The summed E-state index contributed by atoms with van der Waals surface area (Å²) in [5.74, 6) is 0.703. The van der Waals surface area contributed by atoms with Crippen molar-refractivity contribution >= 4 is 35.0 Å². The Morgan fingerprint density at radius 3 is 2.12 bits per heavy atom. The predicted octanol–water partition coefficient (Wildman–Crippen LogP) is 7.08. The summed E-state index contributed by atoms with van der Waals surface area (Å²) < 4.78 is 5.71. The molecule has 0 spiro atoms. The zero-order chi connectivity index (χ0) is 24.2. The van der Waals surface area contributed by atoms with Gasteiger partial charge in [0.25, 0.3) is 0 Å². The largest absolute Gasteiger partial charge is 0.494 e. The van der Waals surface area contributed by atoms with Crippen molar-refractivity contribution < 1.29 is 14.3 Å². The van der Waals surface area contributed by atoms with Crippen LogP contribution in [-0.4, -0.2) is 18.4 Å². The number of ether oxygens (including phenoxy) is 1. The summed E-state index contributed by atoms with van der Waals surface area (Å²) in [5.41, 5.74) is 2.40. The number of anilines is 2. The molecular formula is C28H32N2O3S. The number of unbranched alkanes of at least 4 members (excludes halogenated alkanes) is 1. The molecule has 0 aliphatic heterocycles. The fourth-order valence-corrected chi connectivity index (χ4v) is 4.31. The first kappa shape index (κ1) is 25.4. The summed E-state index contributed by atoms with van der Waals surface area (Å²) in [5, 5.41) is 5.50. The summed E-state index contributed by atoms with van der Waals surface area (Å²) >= 11 is 1.47. The van der Waals surface area contributed by atoms with Crippen molar-refractivity contribution in [2.75, 3.05) is 17.2 Å². The monoisotopic (exact) mass is 476 g/mol. The Kier molecular flexibility index (Phi) is 10.0. The lowest BCUT2D eigenvalue weighted by Gasteiger charge is -2.18. The molecule has 1 atom stereocenters. The van der Waals surface area contributed by atoms with Crippen molar-refractivity contribution in [2.24, 2.45) is 0 Å². The average molecular weight is 477 g/mol. The topological polar surface area (TPSA) is 67.4 Å². The average Bonchev–Trinajstić information content (AvgIpc) is 2.85. The van der Waals surface area contributed by atoms with E-state index in [1.165, 1.54) is 11.8 Å². The highest BCUT2D eigenvalue weighted by molar-refractivity contribution is 8.00. The molecule has 2 amide bonds. The van der Waals surface area contributed by atoms with Gasteiger partial charge in [-0.15, -0.1) is 11.8 Å². The van der Waals surface area contributed by atoms with Crippen LogP contribution in [0.4, 0.5) is 11.4 Å². The minimum Gasteiger partial charge on any atom is -0.494 e. The fourth-order valence-electron chi connectivity index (χ4n) is 3.28. The van der Waals surface area contributed by atoms with Gasteiger partial charge in [-0.2, -0.15) is 0 Å². The van der Waals surface area contributed by atoms with Gasteiger partial charge >= 0.3 is 0 Å². The van der Waals surface area contributed by atoms with Crippen molar-refractivity contribution in [2.45, 2.75) is 49.7 Å². The van der Waals surface area contributed by atoms with Crippen LogP contribution in [0.3, 0.4) is 0 Å². The lowest BCUT2D eigenvalue weighted by molar-refractivity contribution is -0.116. The van der Waals surface area contributed by atoms with Crippen LogP contribution in [0.25, 0.3) is 0 Å². The van der Waals surface area contributed by atoms with E-state index in [4.69, 9.17) is 4.74 Å². The van der Waals surface area contributed by atoms with Crippen LogP contribution in [0.2, 0.25) is 0 Å². The molecule has 1 unspecified atom stereocenters. The number of thioether (sulfide) groups is 1. The predicted molar refractivity (Wildman–Crippen MR) is 140 cm³/mol. The second-order valence-electron chi connectivity index (χ2n) is 7.95. The van der Waals surface area contributed by atoms with Crippen LogP contribution in [0.5, 0.6) is 5.75 Å². The van der Waals surface area contributed by atoms with Gasteiger partial charge in [-0.25, -0.2) is 0 Å². The third kappa shape index (κ3) is 7.96. The number of benzene rings is 3. The maximum absolute atomic E-state index is 13.3. The minimum atomic E-state index is -0.429. The molecule has 5 nitrogen and oxygen atoms in total. The molecule has 0 aliphatic rings. The normalized spacial score (nSPS) is 11.5. The molecule has 3 rings (SSSR count). The molecule has 0 saturated carbocycles. The van der Waals surface area contributed by atoms with Gasteiger partial charge in [0.2, 0.25) is 11.8 Å². The number of carbonyl (C=O) groups is 2. The second-order valence-corrected chi connectivity index (χ2v) is 9.13. The molecule has 178 valence electrons. The number of carbonyl (C=O) groups excluding carboxylic acids is 2. The molecule has 0 saturated heterocycles. The van der Waals surface area contributed by atoms with Gasteiger partial charge in [-0.1, -0.05) is 50.6 Å². The van der Waals surface area contributed by atoms with E-state index in [0.29, 0.717) is 13.0 Å². The van der Waals surface area contributed by atoms with Crippen molar-refractivity contribution in [1.29, 1.82) is 0 Å². The Morgan fingerprint density at radius 1 is 0.824 bits per heavy atom. The SMILES string of the molecule is CCCCOc1ccc(NC(=O)C(Sc2ccc(NC(=O)CCC)cc2)c2ccccc2)cc1. The smallest absolute Gasteiger partial charge is 0.242 e. The quantitative estimate of drug-likeness (QED) is 0.217. The van der Waals surface area contributed by atoms with E-state index in [2.05, 4.69) is 17.6 Å². The van der Waals surface area contributed by atoms with Crippen LogP contribution in [0.1, 0.15) is 50.3 Å². The van der Waals surface area contributed by atoms with E-state index in [1.54, 1.807) is 0 Å². The minimum absolute atomic E-state index is 0.00576. The van der Waals surface area contributed by atoms with E-state index in [1.807, 2.05) is 85.8 Å². The molecule has 0 fully saturated rings. The van der Waals surface area contributed by atoms with Gasteiger partial charge in [-0.3, -0.25) is 9.59 Å². The molecule has 0 aliphatic carbocycles. The third-order valence-corrected chi connectivity index (χ3v) is 6.36. The Morgan fingerprint density at radius 2 is 1.47 bits per heavy atom. The van der Waals surface area contributed by atoms with Crippen LogP contribution < -0.4 is 15.4 Å². The summed E-state index contributed by atoms with van der Waals surface area (Å²) in [6.07, 6.45) is 3.41. The summed E-state index contributed by atoms with van der Waals surface area (Å²) in [6.45, 7) is 4.79. The van der Waals surface area contributed by atoms with Crippen LogP contribution in [0.15, 0.2) is 83.8 Å². The molecule has 0 radical (unpaired) electrons. The first-order chi connectivity index (χ1) is 16.6. The molecule has 34 heavy (non-hydrogen) atoms. The Balaban J connectivity index is 1.69. The van der Waals surface area contributed by atoms with E-state index >= 15 is 0 Å². The van der Waals surface area contributed by atoms with Crippen LogP contribution in [0, 0.1) is 0 Å². The lowest BCUT2D eigenvalue weighted by Crippen LogP contribution is -2.19. The van der Waals surface area contributed by atoms with Gasteiger partial charge in [0.1, 0.15) is 11.0 Å². The molecule has 3 aromatic carbocycles. The zero-order valence-corrected chi connectivity index (χ0v) is 20.6. The van der Waals surface area contributed by atoms with Crippen molar-refractivity contribution in [1.82, 2.24) is 0 Å². The molecule has 0 heterocycles. The van der Waals surface area contributed by atoms with Gasteiger partial charge in [0.15, 0.2) is 0 Å². The summed E-state index contributed by atoms with van der Waals surface area (Å²) in [6, 6.07) is 24.8. The summed E-state index contributed by atoms with van der Waals surface area (Å²) in [7, 11) is 0. The number of hydrogen-bond acceptors (Lipinski definition) is 4. The van der Waals surface area contributed by atoms with Crippen molar-refractivity contribution in [3.8, 4) is 5.75 Å². The first-order valence-electron chi connectivity index (χ1n) is 11.7. The second kappa shape index (κ2) is 13.5. The van der Waals surface area contributed by atoms with Gasteiger partial charge in [0.05, 0.1) is 6.61 Å². The number of nitrogens with one attached hydrogen (secondary N) is 2. The standard InChI is InChI=1S/C28H32N2O3S/c1-3-5-20-33-24-16-12-23(13-17-24)30-28(32)27(21-10-7-6-8-11-21)34-25-18-14-22(15-19-25)29-26(31)9-4-2/h6-8,10-19,27H,3-5,9,20H2,1-2H3,(H,29,31)(H,30,32). The van der Waals surface area contributed by atoms with Gasteiger partial charge in [-0.05, 0) is 66.9 Å². The summed E-state index contributed by atoms with van der Waals surface area (Å²) in [4.78, 5) is 26.1. The van der Waals surface area contributed by atoms with Gasteiger partial charge in [0, 0.05) is 22.7 Å². The Bertz CT molecular complexity index is 1040. The van der Waals surface area contributed by atoms with E-state index in [-0.39, 0.29) is 11.8 Å². The third-order valence-electron chi connectivity index (χ3n) is 5.10. The van der Waals surface area contributed by atoms with Gasteiger partial charge < -0.3 is 15.4 Å². The fraction of sp³-hybridized carbons (Fsp3) is 0.286. The highest BCUT2D eigenvalue weighted by atomic mass is 32.2. The van der Waals surface area contributed by atoms with Crippen LogP contribution >= 0.6 is 11.8 Å². The molecule has 3 aromatic rings. The lowest BCUT2D eigenvalue weighted by atomic mass is 10.1. The van der Waals surface area contributed by atoms with Crippen LogP contribution in [-0.2, 0) is 9.59 Å². The molecule has 6 heteroatoms. The first-order valence-corrected chi connectivity index (χ1v) is 12.6.